The summed E-state index contributed by atoms with van der Waals surface area (Å²) in [6, 6.07) is 8.31. The van der Waals surface area contributed by atoms with Crippen LogP contribution in [0.1, 0.15) is 25.6 Å². The van der Waals surface area contributed by atoms with E-state index in [9.17, 15) is 9.59 Å². The summed E-state index contributed by atoms with van der Waals surface area (Å²) >= 11 is 0. The number of carboxylic acids is 1. The van der Waals surface area contributed by atoms with Crippen molar-refractivity contribution in [2.75, 3.05) is 0 Å². The Bertz CT molecular complexity index is 393. The number of hydrogen-bond acceptors (Lipinski definition) is 2. The van der Waals surface area contributed by atoms with Gasteiger partial charge in [0.2, 0.25) is 0 Å². The Morgan fingerprint density at radius 3 is 2.47 bits per heavy atom. The zero-order valence-corrected chi connectivity index (χ0v) is 8.36. The third kappa shape index (κ3) is 2.80. The number of carboxylic acid groups (broad SMARTS) is 1. The van der Waals surface area contributed by atoms with E-state index in [2.05, 4.69) is 5.32 Å². The Hall–Kier alpha value is -1.84. The topological polar surface area (TPSA) is 66.4 Å². The molecule has 0 aliphatic heterocycles. The van der Waals surface area contributed by atoms with Gasteiger partial charge in [0.1, 0.15) is 5.54 Å². The van der Waals surface area contributed by atoms with E-state index in [0.717, 1.165) is 0 Å². The Labute approximate surface area is 89.3 Å². The molecule has 1 aromatic rings. The Balaban J connectivity index is 2.82. The third-order valence-electron chi connectivity index (χ3n) is 1.90. The summed E-state index contributed by atoms with van der Waals surface area (Å²) in [5.41, 5.74) is -1.17. The largest absolute Gasteiger partial charge is 0.480 e. The zero-order valence-electron chi connectivity index (χ0n) is 9.36. The molecule has 0 fully saturated rings. The number of rotatable bonds is 3. The fourth-order valence-electron chi connectivity index (χ4n) is 0.966. The van der Waals surface area contributed by atoms with Crippen molar-refractivity contribution in [3.05, 3.63) is 35.9 Å². The first-order valence-electron chi connectivity index (χ1n) is 5.10. The number of carbonyl (C=O) groups excluding carboxylic acids is 1. The van der Waals surface area contributed by atoms with E-state index in [1.165, 1.54) is 6.92 Å². The second kappa shape index (κ2) is 4.13. The molecule has 15 heavy (non-hydrogen) atoms. The summed E-state index contributed by atoms with van der Waals surface area (Å²) < 4.78 is 7.15. The molecule has 80 valence electrons. The lowest BCUT2D eigenvalue weighted by atomic mass is 10.1. The maximum Gasteiger partial charge on any atom is 0.328 e. The molecule has 0 aliphatic carbocycles. The van der Waals surface area contributed by atoms with E-state index in [0.29, 0.717) is 5.56 Å². The highest BCUT2D eigenvalue weighted by atomic mass is 16.4. The van der Waals surface area contributed by atoms with Crippen LogP contribution in [0.4, 0.5) is 0 Å². The number of aliphatic carboxylic acids is 1. The molecule has 4 nitrogen and oxygen atoms in total. The minimum absolute atomic E-state index is 0.378. The van der Waals surface area contributed by atoms with Crippen LogP contribution in [-0.4, -0.2) is 22.5 Å². The van der Waals surface area contributed by atoms with Crippen LogP contribution in [0.5, 0.6) is 0 Å². The van der Waals surface area contributed by atoms with Crippen molar-refractivity contribution in [3.8, 4) is 0 Å². The predicted molar refractivity (Wildman–Crippen MR) is 55.6 cm³/mol. The highest BCUT2D eigenvalue weighted by molar-refractivity contribution is 5.97. The van der Waals surface area contributed by atoms with Gasteiger partial charge in [0, 0.05) is 6.93 Å². The van der Waals surface area contributed by atoms with Crippen molar-refractivity contribution in [1.29, 1.82) is 0 Å². The van der Waals surface area contributed by atoms with Gasteiger partial charge in [-0.1, -0.05) is 18.2 Å². The molecule has 0 aromatic heterocycles. The van der Waals surface area contributed by atoms with Crippen molar-refractivity contribution < 1.29 is 16.1 Å². The Kier molecular flexibility index (Phi) is 2.67. The monoisotopic (exact) mass is 208 g/mol. The summed E-state index contributed by atoms with van der Waals surface area (Å²) in [5, 5.41) is 11.2. The normalized spacial score (nSPS) is 14.9. The van der Waals surface area contributed by atoms with Gasteiger partial charge in [-0.3, -0.25) is 4.79 Å². The van der Waals surface area contributed by atoms with Crippen LogP contribution in [0.3, 0.4) is 0 Å². The molecule has 0 bridgehead atoms. The fraction of sp³-hybridized carbons (Fsp3) is 0.273. The van der Waals surface area contributed by atoms with E-state index < -0.39 is 24.3 Å². The third-order valence-corrected chi connectivity index (χ3v) is 1.90. The molecule has 0 unspecified atom stereocenters. The van der Waals surface area contributed by atoms with Crippen LogP contribution >= 0.6 is 0 Å². The predicted octanol–water partition coefficient (Wildman–Crippen LogP) is 1.28. The quantitative estimate of drug-likeness (QED) is 0.786. The average Bonchev–Trinajstić information content (AvgIpc) is 2.29. The van der Waals surface area contributed by atoms with Gasteiger partial charge in [-0.05, 0) is 26.0 Å². The molecule has 0 saturated heterocycles. The number of benzene rings is 1. The van der Waals surface area contributed by atoms with Crippen LogP contribution in [0, 0.1) is 0 Å². The summed E-state index contributed by atoms with van der Waals surface area (Å²) in [6.07, 6.45) is 0. The number of hydrogen-bond donors (Lipinski definition) is 2. The molecule has 4 heteroatoms. The second-order valence-corrected chi connectivity index (χ2v) is 3.46. The lowest BCUT2D eigenvalue weighted by Gasteiger charge is -2.20. The van der Waals surface area contributed by atoms with Gasteiger partial charge in [-0.25, -0.2) is 4.79 Å². The number of amides is 1. The molecule has 1 aromatic carbocycles. The van der Waals surface area contributed by atoms with E-state index in [1.54, 1.807) is 30.3 Å². The molecular weight excluding hydrogens is 194 g/mol. The van der Waals surface area contributed by atoms with Crippen LogP contribution < -0.4 is 5.32 Å². The maximum atomic E-state index is 11.7. The number of carbonyl (C=O) groups is 2. The van der Waals surface area contributed by atoms with Crippen molar-refractivity contribution in [2.45, 2.75) is 19.4 Å². The van der Waals surface area contributed by atoms with E-state index in [-0.39, 0.29) is 0 Å². The van der Waals surface area contributed by atoms with Crippen molar-refractivity contribution in [3.63, 3.8) is 0 Å². The van der Waals surface area contributed by atoms with E-state index in [1.807, 2.05) is 0 Å². The highest BCUT2D eigenvalue weighted by Crippen LogP contribution is 2.05. The van der Waals surface area contributed by atoms with Crippen LogP contribution in [0.2, 0.25) is 0 Å². The molecular formula is C11H13NO3. The van der Waals surface area contributed by atoms with Crippen LogP contribution in [0.25, 0.3) is 0 Å². The van der Waals surface area contributed by atoms with E-state index in [4.69, 9.17) is 6.48 Å². The summed E-state index contributed by atoms with van der Waals surface area (Å²) in [5.74, 6) is -1.70. The first-order valence-corrected chi connectivity index (χ1v) is 4.40. The van der Waals surface area contributed by atoms with Gasteiger partial charge in [-0.15, -0.1) is 0 Å². The van der Waals surface area contributed by atoms with Crippen LogP contribution in [0.15, 0.2) is 30.3 Å². The Morgan fingerprint density at radius 1 is 1.40 bits per heavy atom. The van der Waals surface area contributed by atoms with Crippen molar-refractivity contribution >= 4 is 11.9 Å². The van der Waals surface area contributed by atoms with Gasteiger partial charge < -0.3 is 10.4 Å². The average molecular weight is 208 g/mol. The first kappa shape index (κ1) is 9.71. The van der Waals surface area contributed by atoms with Gasteiger partial charge in [0.05, 0.1) is 0 Å². The zero-order chi connectivity index (χ0) is 12.2. The smallest absolute Gasteiger partial charge is 0.328 e. The first-order chi connectivity index (χ1) is 7.49. The Morgan fingerprint density at radius 2 is 2.00 bits per heavy atom. The molecule has 0 spiro atoms. The van der Waals surface area contributed by atoms with Gasteiger partial charge in [-0.2, -0.15) is 0 Å². The highest BCUT2D eigenvalue weighted by Gasteiger charge is 2.29. The minimum Gasteiger partial charge on any atom is -0.480 e. The van der Waals surface area contributed by atoms with E-state index >= 15 is 0 Å². The van der Waals surface area contributed by atoms with Crippen molar-refractivity contribution in [2.24, 2.45) is 0 Å². The van der Waals surface area contributed by atoms with Gasteiger partial charge in [0.15, 0.2) is 0 Å². The molecule has 0 aliphatic rings. The summed E-state index contributed by atoms with van der Waals surface area (Å²) in [7, 11) is 0. The molecule has 1 rings (SSSR count). The molecule has 1 amide bonds. The lowest BCUT2D eigenvalue weighted by molar-refractivity contribution is -0.143. The fourth-order valence-corrected chi connectivity index (χ4v) is 0.966. The second-order valence-electron chi connectivity index (χ2n) is 3.46. The van der Waals surface area contributed by atoms with Crippen LogP contribution in [-0.2, 0) is 4.79 Å². The molecule has 0 saturated carbocycles. The summed E-state index contributed by atoms with van der Waals surface area (Å²) in [4.78, 5) is 22.6. The SMILES string of the molecule is [2H]C[C@@](C)(NC(=O)c1ccccc1)C(=O)O. The van der Waals surface area contributed by atoms with Gasteiger partial charge in [0.25, 0.3) is 5.91 Å². The number of nitrogens with one attached hydrogen (secondary N) is 1. The molecule has 1 atom stereocenters. The maximum absolute atomic E-state index is 11.7. The lowest BCUT2D eigenvalue weighted by Crippen LogP contribution is -2.49. The standard InChI is InChI=1S/C11H13NO3/c1-11(2,10(14)15)12-9(13)8-6-4-3-5-7-8/h3-7H,1-2H3,(H,12,13)(H,14,15)/i1D/t11-/m0/s1. The molecule has 0 heterocycles. The minimum atomic E-state index is -1.55. The summed E-state index contributed by atoms with van der Waals surface area (Å²) in [6.45, 7) is 0.893. The molecule has 2 N–H and O–H groups in total. The van der Waals surface area contributed by atoms with Gasteiger partial charge >= 0.3 is 5.97 Å². The molecule has 0 radical (unpaired) electrons. The van der Waals surface area contributed by atoms with Crippen molar-refractivity contribution in [1.82, 2.24) is 5.32 Å².